The molecule has 4 rings (SSSR count). The molecule has 0 aliphatic heterocycles. The van der Waals surface area contributed by atoms with Crippen molar-refractivity contribution in [2.24, 2.45) is 10.8 Å². The molecule has 4 nitrogen and oxygen atoms in total. The summed E-state index contributed by atoms with van der Waals surface area (Å²) >= 11 is -1.99. The van der Waals surface area contributed by atoms with E-state index in [-0.39, 0.29) is 42.5 Å². The van der Waals surface area contributed by atoms with Gasteiger partial charge in [0.25, 0.3) is 0 Å². The number of hydrogen-bond donors (Lipinski definition) is 1. The van der Waals surface area contributed by atoms with Gasteiger partial charge in [-0.2, -0.15) is 0 Å². The van der Waals surface area contributed by atoms with Gasteiger partial charge in [0, 0.05) is 37.0 Å². The molecule has 0 amide bonds. The number of rotatable bonds is 9. The van der Waals surface area contributed by atoms with Crippen LogP contribution in [-0.4, -0.2) is 34.1 Å². The van der Waals surface area contributed by atoms with Crippen molar-refractivity contribution < 1.29 is 30.0 Å². The zero-order valence-electron chi connectivity index (χ0n) is 28.6. The van der Waals surface area contributed by atoms with Gasteiger partial charge in [0.1, 0.15) is 5.76 Å². The third-order valence-electron chi connectivity index (χ3n) is 9.45. The first-order chi connectivity index (χ1) is 20.1. The standard InChI is InChI=1S/C23H23GeN2.C15H28O2.Ir/c1-15-11-16(2)13-17(12-15)22-20-14-26-23-19(18(20)9-10-25-22)7-6-8-21(23)24(3,4)5;1-7-14(5,8-2)12(16)11-13(17)15(6,9-3)10-4;/h6-12,14H,1-5H3;11,16H,7-10H2,1-6H3;/q-1;;/b;12-11-;. The predicted octanol–water partition coefficient (Wildman–Crippen LogP) is 10.1. The smallest absolute Gasteiger partial charge is 0 e. The molecular weight excluding hydrogens is 781 g/mol. The van der Waals surface area contributed by atoms with Crippen molar-refractivity contribution in [1.82, 2.24) is 9.97 Å². The molecule has 4 aromatic rings. The van der Waals surface area contributed by atoms with E-state index in [9.17, 15) is 9.90 Å². The second-order valence-electron chi connectivity index (χ2n) is 13.5. The van der Waals surface area contributed by atoms with E-state index in [0.717, 1.165) is 53.4 Å². The molecule has 0 aliphatic rings. The van der Waals surface area contributed by atoms with E-state index in [4.69, 9.17) is 4.98 Å². The van der Waals surface area contributed by atoms with Crippen LogP contribution in [0, 0.1) is 30.7 Å². The van der Waals surface area contributed by atoms with Crippen LogP contribution in [0.25, 0.3) is 32.9 Å². The van der Waals surface area contributed by atoms with E-state index in [0.29, 0.717) is 0 Å². The number of aliphatic hydroxyl groups excluding tert-OH is 1. The first kappa shape index (κ1) is 37.8. The van der Waals surface area contributed by atoms with E-state index in [1.165, 1.54) is 26.8 Å². The first-order valence-corrected chi connectivity index (χ1v) is 23.1. The molecule has 1 N–H and O–H groups in total. The molecule has 2 aromatic carbocycles. The fourth-order valence-electron chi connectivity index (χ4n) is 5.39. The number of ketones is 1. The second kappa shape index (κ2) is 15.3. The molecule has 0 spiro atoms. The van der Waals surface area contributed by atoms with Crippen LogP contribution in [0.15, 0.2) is 60.6 Å². The van der Waals surface area contributed by atoms with Crippen LogP contribution in [0.4, 0.5) is 0 Å². The van der Waals surface area contributed by atoms with Crippen LogP contribution >= 0.6 is 0 Å². The number of fused-ring (bicyclic) bond motifs is 3. The van der Waals surface area contributed by atoms with Gasteiger partial charge < -0.3 is 5.11 Å². The van der Waals surface area contributed by atoms with Gasteiger partial charge in [0.05, 0.1) is 0 Å². The van der Waals surface area contributed by atoms with Gasteiger partial charge in [0.15, 0.2) is 5.78 Å². The molecule has 2 heterocycles. The predicted molar refractivity (Wildman–Crippen MR) is 187 cm³/mol. The summed E-state index contributed by atoms with van der Waals surface area (Å²) < 4.78 is 1.46. The second-order valence-corrected chi connectivity index (χ2v) is 24.1. The number of benzene rings is 2. The summed E-state index contributed by atoms with van der Waals surface area (Å²) in [6, 6.07) is 16.5. The zero-order chi connectivity index (χ0) is 32.2. The number of carbonyl (C=O) groups excluding carboxylic acids is 1. The summed E-state index contributed by atoms with van der Waals surface area (Å²) in [6.07, 6.45) is 8.67. The average molecular weight is 833 g/mol. The number of carbonyl (C=O) groups is 1. The summed E-state index contributed by atoms with van der Waals surface area (Å²) in [5.41, 5.74) is 4.93. The van der Waals surface area contributed by atoms with Crippen LogP contribution in [-0.2, 0) is 24.9 Å². The number of hydrogen-bond acceptors (Lipinski definition) is 4. The zero-order valence-corrected chi connectivity index (χ0v) is 33.1. The van der Waals surface area contributed by atoms with Crippen molar-refractivity contribution in [3.05, 3.63) is 77.8 Å². The van der Waals surface area contributed by atoms with Crippen LogP contribution in [0.5, 0.6) is 0 Å². The number of pyridine rings is 2. The molecule has 0 fully saturated rings. The molecule has 0 aliphatic carbocycles. The topological polar surface area (TPSA) is 63.1 Å². The Morgan fingerprint density at radius 3 is 2.05 bits per heavy atom. The van der Waals surface area contributed by atoms with Gasteiger partial charge in [-0.1, -0.05) is 41.5 Å². The van der Waals surface area contributed by atoms with Crippen molar-refractivity contribution in [3.63, 3.8) is 0 Å². The summed E-state index contributed by atoms with van der Waals surface area (Å²) in [5.74, 6) is 7.55. The third kappa shape index (κ3) is 8.27. The van der Waals surface area contributed by atoms with Crippen molar-refractivity contribution in [3.8, 4) is 11.3 Å². The van der Waals surface area contributed by atoms with E-state index in [1.807, 2.05) is 53.9 Å². The van der Waals surface area contributed by atoms with Crippen LogP contribution in [0.2, 0.25) is 17.3 Å². The van der Waals surface area contributed by atoms with E-state index < -0.39 is 13.3 Å². The minimum Gasteiger partial charge on any atom is 0 e. The summed E-state index contributed by atoms with van der Waals surface area (Å²) in [4.78, 5) is 21.8. The van der Waals surface area contributed by atoms with Gasteiger partial charge in [-0.3, -0.25) is 4.79 Å². The Kier molecular flexibility index (Phi) is 13.2. The van der Waals surface area contributed by atoms with Gasteiger partial charge in [-0.15, -0.1) is 0 Å². The van der Waals surface area contributed by atoms with Crippen molar-refractivity contribution in [2.45, 2.75) is 98.3 Å². The molecule has 0 unspecified atom stereocenters. The molecule has 0 saturated carbocycles. The number of aromatic nitrogens is 2. The summed E-state index contributed by atoms with van der Waals surface area (Å²) in [5, 5.41) is 13.7. The molecular formula is C38H51GeIrN2O2-. The Morgan fingerprint density at radius 2 is 1.50 bits per heavy atom. The van der Waals surface area contributed by atoms with Gasteiger partial charge in [0.2, 0.25) is 0 Å². The minimum absolute atomic E-state index is 0. The Balaban J connectivity index is 0.000000331. The molecule has 239 valence electrons. The molecule has 1 radical (unpaired) electrons. The normalized spacial score (nSPS) is 12.5. The van der Waals surface area contributed by atoms with Gasteiger partial charge >= 0.3 is 158 Å². The van der Waals surface area contributed by atoms with Crippen LogP contribution in [0.3, 0.4) is 0 Å². The third-order valence-corrected chi connectivity index (χ3v) is 13.7. The largest absolute Gasteiger partial charge is 0 e. The maximum atomic E-state index is 12.2. The number of aryl methyl sites for hydroxylation is 2. The number of aliphatic hydroxyl groups is 1. The molecule has 44 heavy (non-hydrogen) atoms. The number of nitrogens with zero attached hydrogens (tertiary/aromatic N) is 2. The van der Waals surface area contributed by atoms with Gasteiger partial charge in [-0.05, 0) is 25.7 Å². The minimum atomic E-state index is -1.99. The van der Waals surface area contributed by atoms with Gasteiger partial charge in [-0.25, -0.2) is 0 Å². The number of allylic oxidation sites excluding steroid dienone is 2. The van der Waals surface area contributed by atoms with Crippen LogP contribution < -0.4 is 4.40 Å². The molecule has 6 heteroatoms. The fraction of sp³-hybridized carbons (Fsp3) is 0.447. The molecule has 0 bridgehead atoms. The van der Waals surface area contributed by atoms with E-state index in [1.54, 1.807) is 0 Å². The van der Waals surface area contributed by atoms with Crippen molar-refractivity contribution in [2.75, 3.05) is 0 Å². The first-order valence-electron chi connectivity index (χ1n) is 15.8. The molecule has 0 atom stereocenters. The molecule has 0 saturated heterocycles. The Morgan fingerprint density at radius 1 is 0.886 bits per heavy atom. The maximum absolute atomic E-state index is 12.2. The summed E-state index contributed by atoms with van der Waals surface area (Å²) in [6.45, 7) is 16.3. The Labute approximate surface area is 281 Å². The monoisotopic (exact) mass is 834 g/mol. The SMILES string of the molecule is CCC(C)(CC)C(=O)/C=C(\O)C(C)(CC)CC.Cc1[c-]c(-c2nccc3c2cnc2[c]([Ge]([CH3])([CH3])[CH3])cccc23)cc(C)c1.[Ir]. The number of para-hydroxylation sites is 1. The van der Waals surface area contributed by atoms with E-state index in [2.05, 4.69) is 78.6 Å². The molecule has 2 aromatic heterocycles. The fourth-order valence-corrected chi connectivity index (χ4v) is 8.55. The Hall–Kier alpha value is -2.34. The Bertz CT molecular complexity index is 1610. The van der Waals surface area contributed by atoms with Crippen molar-refractivity contribution >= 4 is 45.1 Å². The van der Waals surface area contributed by atoms with Crippen molar-refractivity contribution in [1.29, 1.82) is 0 Å². The van der Waals surface area contributed by atoms with Crippen LogP contribution in [0.1, 0.15) is 78.4 Å². The van der Waals surface area contributed by atoms with E-state index >= 15 is 0 Å². The average Bonchev–Trinajstić information content (AvgIpc) is 2.98. The quantitative estimate of drug-likeness (QED) is 0.0600. The summed E-state index contributed by atoms with van der Waals surface area (Å²) in [7, 11) is 0. The maximum Gasteiger partial charge on any atom is 0 e.